The van der Waals surface area contributed by atoms with Gasteiger partial charge in [0.2, 0.25) is 0 Å². The fourth-order valence-electron chi connectivity index (χ4n) is 2.15. The summed E-state index contributed by atoms with van der Waals surface area (Å²) in [5.41, 5.74) is -0.447. The van der Waals surface area contributed by atoms with E-state index in [2.05, 4.69) is 11.9 Å². The van der Waals surface area contributed by atoms with Crippen LogP contribution >= 0.6 is 11.6 Å². The Morgan fingerprint density at radius 3 is 2.74 bits per heavy atom. The minimum Gasteiger partial charge on any atom is -0.444 e. The van der Waals surface area contributed by atoms with Crippen molar-refractivity contribution in [1.29, 1.82) is 0 Å². The van der Waals surface area contributed by atoms with Gasteiger partial charge in [-0.15, -0.1) is 0 Å². The Hall–Kier alpha value is -0.740. The molecule has 0 aromatic carbocycles. The minimum atomic E-state index is -0.447. The van der Waals surface area contributed by atoms with E-state index in [1.54, 1.807) is 0 Å². The SMILES string of the molecule is C=C(Cl)CNCC1CCCCN1C(=O)OC(C)(C)C. The Morgan fingerprint density at radius 2 is 2.16 bits per heavy atom. The van der Waals surface area contributed by atoms with Crippen molar-refractivity contribution in [3.8, 4) is 0 Å². The number of piperidine rings is 1. The van der Waals surface area contributed by atoms with Gasteiger partial charge in [0, 0.05) is 30.7 Å². The van der Waals surface area contributed by atoms with Gasteiger partial charge >= 0.3 is 6.09 Å². The monoisotopic (exact) mass is 288 g/mol. The fraction of sp³-hybridized carbons (Fsp3) is 0.786. The fourth-order valence-corrected chi connectivity index (χ4v) is 2.24. The first kappa shape index (κ1) is 16.3. The van der Waals surface area contributed by atoms with E-state index in [-0.39, 0.29) is 12.1 Å². The maximum Gasteiger partial charge on any atom is 0.410 e. The molecule has 110 valence electrons. The summed E-state index contributed by atoms with van der Waals surface area (Å²) in [6, 6.07) is 0.180. The number of amides is 1. The molecule has 4 nitrogen and oxygen atoms in total. The molecule has 1 aliphatic heterocycles. The maximum absolute atomic E-state index is 12.2. The van der Waals surface area contributed by atoms with Gasteiger partial charge in [-0.05, 0) is 40.0 Å². The third-order valence-corrected chi connectivity index (χ3v) is 3.09. The van der Waals surface area contributed by atoms with Crippen LogP contribution in [0.1, 0.15) is 40.0 Å². The highest BCUT2D eigenvalue weighted by molar-refractivity contribution is 6.29. The van der Waals surface area contributed by atoms with Gasteiger partial charge in [0.25, 0.3) is 0 Å². The number of hydrogen-bond acceptors (Lipinski definition) is 3. The average molecular weight is 289 g/mol. The third kappa shape index (κ3) is 6.30. The molecule has 0 saturated carbocycles. The molecule has 1 heterocycles. The molecule has 19 heavy (non-hydrogen) atoms. The predicted molar refractivity (Wildman–Crippen MR) is 78.4 cm³/mol. The molecule has 1 atom stereocenters. The van der Waals surface area contributed by atoms with Crippen LogP contribution in [0.2, 0.25) is 0 Å². The number of likely N-dealkylation sites (tertiary alicyclic amines) is 1. The topological polar surface area (TPSA) is 41.6 Å². The first-order valence-corrected chi connectivity index (χ1v) is 7.21. The second-order valence-corrected chi connectivity index (χ2v) is 6.51. The van der Waals surface area contributed by atoms with Gasteiger partial charge in [-0.1, -0.05) is 18.2 Å². The van der Waals surface area contributed by atoms with Gasteiger partial charge in [0.05, 0.1) is 0 Å². The minimum absolute atomic E-state index is 0.180. The van der Waals surface area contributed by atoms with Crippen molar-refractivity contribution in [1.82, 2.24) is 10.2 Å². The summed E-state index contributed by atoms with van der Waals surface area (Å²) in [6.45, 7) is 11.4. The molecule has 5 heteroatoms. The standard InChI is InChI=1S/C14H25ClN2O2/c1-11(15)9-16-10-12-7-5-6-8-17(12)13(18)19-14(2,3)4/h12,16H,1,5-10H2,2-4H3. The highest BCUT2D eigenvalue weighted by Gasteiger charge is 2.29. The molecule has 1 N–H and O–H groups in total. The van der Waals surface area contributed by atoms with E-state index in [1.807, 2.05) is 25.7 Å². The van der Waals surface area contributed by atoms with Gasteiger partial charge in [-0.2, -0.15) is 0 Å². The summed E-state index contributed by atoms with van der Waals surface area (Å²) in [5, 5.41) is 3.80. The van der Waals surface area contributed by atoms with Gasteiger partial charge in [0.15, 0.2) is 0 Å². The molecule has 0 aromatic rings. The van der Waals surface area contributed by atoms with E-state index in [1.165, 1.54) is 0 Å². The van der Waals surface area contributed by atoms with Crippen LogP contribution in [0.15, 0.2) is 11.6 Å². The molecule has 1 aliphatic rings. The summed E-state index contributed by atoms with van der Waals surface area (Å²) in [6.07, 6.45) is 2.97. The highest BCUT2D eigenvalue weighted by Crippen LogP contribution is 2.20. The van der Waals surface area contributed by atoms with E-state index < -0.39 is 5.60 Å². The van der Waals surface area contributed by atoms with Crippen molar-refractivity contribution >= 4 is 17.7 Å². The van der Waals surface area contributed by atoms with Crippen molar-refractivity contribution in [2.45, 2.75) is 51.7 Å². The Morgan fingerprint density at radius 1 is 1.47 bits per heavy atom. The lowest BCUT2D eigenvalue weighted by atomic mass is 10.0. The molecule has 0 radical (unpaired) electrons. The molecule has 0 bridgehead atoms. The lowest BCUT2D eigenvalue weighted by molar-refractivity contribution is 0.0101. The first-order valence-electron chi connectivity index (χ1n) is 6.83. The lowest BCUT2D eigenvalue weighted by Crippen LogP contribution is -2.50. The van der Waals surface area contributed by atoms with Crippen LogP contribution in [0, 0.1) is 0 Å². The molecule has 1 saturated heterocycles. The van der Waals surface area contributed by atoms with Crippen LogP contribution in [0.4, 0.5) is 4.79 Å². The zero-order valence-electron chi connectivity index (χ0n) is 12.2. The van der Waals surface area contributed by atoms with Crippen LogP contribution < -0.4 is 5.32 Å². The van der Waals surface area contributed by atoms with E-state index in [0.29, 0.717) is 11.6 Å². The molecule has 0 aliphatic carbocycles. The second kappa shape index (κ2) is 7.15. The summed E-state index contributed by atoms with van der Waals surface area (Å²) in [4.78, 5) is 14.0. The van der Waals surface area contributed by atoms with Crippen LogP contribution in [-0.2, 0) is 4.74 Å². The van der Waals surface area contributed by atoms with Gasteiger partial charge in [0.1, 0.15) is 5.60 Å². The summed E-state index contributed by atoms with van der Waals surface area (Å²) < 4.78 is 5.45. The number of nitrogens with one attached hydrogen (secondary N) is 1. The number of rotatable bonds is 4. The van der Waals surface area contributed by atoms with Crippen molar-refractivity contribution in [3.63, 3.8) is 0 Å². The van der Waals surface area contributed by atoms with E-state index in [0.717, 1.165) is 32.4 Å². The number of nitrogens with zero attached hydrogens (tertiary/aromatic N) is 1. The van der Waals surface area contributed by atoms with Crippen LogP contribution in [0.25, 0.3) is 0 Å². The molecule has 0 spiro atoms. The number of halogens is 1. The average Bonchev–Trinajstić information content (AvgIpc) is 2.26. The van der Waals surface area contributed by atoms with Crippen molar-refractivity contribution < 1.29 is 9.53 Å². The van der Waals surface area contributed by atoms with Crippen LogP contribution in [0.5, 0.6) is 0 Å². The van der Waals surface area contributed by atoms with E-state index in [9.17, 15) is 4.79 Å². The quantitative estimate of drug-likeness (QED) is 0.864. The third-order valence-electron chi connectivity index (χ3n) is 2.95. The molecular weight excluding hydrogens is 264 g/mol. The van der Waals surface area contributed by atoms with Crippen molar-refractivity contribution in [3.05, 3.63) is 11.6 Å². The number of ether oxygens (including phenoxy) is 1. The zero-order chi connectivity index (χ0) is 14.5. The van der Waals surface area contributed by atoms with E-state index >= 15 is 0 Å². The smallest absolute Gasteiger partial charge is 0.410 e. The Balaban J connectivity index is 2.51. The first-order chi connectivity index (χ1) is 8.79. The maximum atomic E-state index is 12.2. The normalized spacial score (nSPS) is 20.2. The lowest BCUT2D eigenvalue weighted by Gasteiger charge is -2.36. The highest BCUT2D eigenvalue weighted by atomic mass is 35.5. The summed E-state index contributed by atoms with van der Waals surface area (Å²) in [7, 11) is 0. The molecule has 1 amide bonds. The van der Waals surface area contributed by atoms with Gasteiger partial charge in [-0.25, -0.2) is 4.79 Å². The van der Waals surface area contributed by atoms with Crippen LogP contribution in [0.3, 0.4) is 0 Å². The molecule has 1 unspecified atom stereocenters. The van der Waals surface area contributed by atoms with Crippen molar-refractivity contribution in [2.75, 3.05) is 19.6 Å². The van der Waals surface area contributed by atoms with Gasteiger partial charge < -0.3 is 15.0 Å². The van der Waals surface area contributed by atoms with Crippen LogP contribution in [-0.4, -0.2) is 42.3 Å². The van der Waals surface area contributed by atoms with E-state index in [4.69, 9.17) is 16.3 Å². The molecule has 0 aromatic heterocycles. The Labute approximate surface area is 121 Å². The zero-order valence-corrected chi connectivity index (χ0v) is 12.9. The summed E-state index contributed by atoms with van der Waals surface area (Å²) in [5.74, 6) is 0. The molecule has 1 fully saturated rings. The number of hydrogen-bond donors (Lipinski definition) is 1. The number of carbonyl (C=O) groups is 1. The largest absolute Gasteiger partial charge is 0.444 e. The second-order valence-electron chi connectivity index (χ2n) is 5.97. The molecular formula is C14H25ClN2O2. The van der Waals surface area contributed by atoms with Crippen molar-refractivity contribution in [2.24, 2.45) is 0 Å². The molecule has 1 rings (SSSR count). The predicted octanol–water partition coefficient (Wildman–Crippen LogP) is 3.12. The van der Waals surface area contributed by atoms with Gasteiger partial charge in [-0.3, -0.25) is 0 Å². The Kier molecular flexibility index (Phi) is 6.14. The Bertz CT molecular complexity index is 326. The summed E-state index contributed by atoms with van der Waals surface area (Å²) >= 11 is 5.72. The number of carbonyl (C=O) groups excluding carboxylic acids is 1.